The number of hydrogen-bond donors (Lipinski definition) is 1. The van der Waals surface area contributed by atoms with Crippen LogP contribution >= 0.6 is 0 Å². The summed E-state index contributed by atoms with van der Waals surface area (Å²) in [5.74, 6) is -0.185. The minimum Gasteiger partial charge on any atom is -0.433 e. The van der Waals surface area contributed by atoms with Crippen molar-refractivity contribution < 1.29 is 9.66 Å². The van der Waals surface area contributed by atoms with Gasteiger partial charge in [-0.2, -0.15) is 0 Å². The summed E-state index contributed by atoms with van der Waals surface area (Å²) in [7, 11) is 2.71. The third-order valence-corrected chi connectivity index (χ3v) is 3.17. The van der Waals surface area contributed by atoms with E-state index in [0.29, 0.717) is 0 Å². The van der Waals surface area contributed by atoms with E-state index in [9.17, 15) is 19.7 Å². The third kappa shape index (κ3) is 2.49. The highest BCUT2D eigenvalue weighted by Crippen LogP contribution is 2.30. The van der Waals surface area contributed by atoms with Crippen LogP contribution < -0.4 is 21.7 Å². The summed E-state index contributed by atoms with van der Waals surface area (Å²) in [6.45, 7) is -0.170. The van der Waals surface area contributed by atoms with Crippen molar-refractivity contribution in [1.29, 1.82) is 0 Å². The normalized spacial score (nSPS) is 10.5. The van der Waals surface area contributed by atoms with Crippen molar-refractivity contribution in [2.45, 2.75) is 6.54 Å². The lowest BCUT2D eigenvalue weighted by atomic mass is 10.3. The molecule has 2 aromatic rings. The van der Waals surface area contributed by atoms with E-state index >= 15 is 0 Å². The number of hydrogen-bond acceptors (Lipinski definition) is 6. The van der Waals surface area contributed by atoms with Gasteiger partial charge in [0.05, 0.1) is 10.5 Å². The van der Waals surface area contributed by atoms with Gasteiger partial charge in [-0.1, -0.05) is 12.1 Å². The molecule has 0 aliphatic rings. The van der Waals surface area contributed by atoms with E-state index in [4.69, 9.17) is 10.5 Å². The molecule has 1 aromatic heterocycles. The Morgan fingerprint density at radius 1 is 1.23 bits per heavy atom. The van der Waals surface area contributed by atoms with Crippen molar-refractivity contribution in [1.82, 2.24) is 9.13 Å². The Morgan fingerprint density at radius 2 is 1.86 bits per heavy atom. The van der Waals surface area contributed by atoms with Crippen molar-refractivity contribution in [3.05, 3.63) is 60.8 Å². The number of nitrogens with two attached hydrogens (primary N) is 1. The van der Waals surface area contributed by atoms with Crippen LogP contribution in [0.3, 0.4) is 0 Å². The van der Waals surface area contributed by atoms with E-state index in [-0.39, 0.29) is 29.4 Å². The molecule has 1 aromatic carbocycles. The number of nitro groups is 1. The van der Waals surface area contributed by atoms with Crippen molar-refractivity contribution in [3.63, 3.8) is 0 Å². The molecular weight excluding hydrogens is 292 g/mol. The smallest absolute Gasteiger partial charge is 0.333 e. The lowest BCUT2D eigenvalue weighted by Crippen LogP contribution is -2.40. The van der Waals surface area contributed by atoms with Gasteiger partial charge in [0.25, 0.3) is 5.56 Å². The molecule has 9 heteroatoms. The molecule has 9 nitrogen and oxygen atoms in total. The molecule has 0 aliphatic carbocycles. The number of ether oxygens (including phenoxy) is 1. The number of rotatable bonds is 4. The zero-order valence-electron chi connectivity index (χ0n) is 12.0. The topological polar surface area (TPSA) is 122 Å². The van der Waals surface area contributed by atoms with Gasteiger partial charge in [0.2, 0.25) is 11.6 Å². The van der Waals surface area contributed by atoms with Gasteiger partial charge in [0.15, 0.2) is 0 Å². The quantitative estimate of drug-likeness (QED) is 0.638. The molecule has 22 heavy (non-hydrogen) atoms. The summed E-state index contributed by atoms with van der Waals surface area (Å²) in [5, 5.41) is 11.0. The first-order chi connectivity index (χ1) is 10.4. The molecule has 2 rings (SSSR count). The molecule has 0 unspecified atom stereocenters. The average Bonchev–Trinajstić information content (AvgIpc) is 2.51. The van der Waals surface area contributed by atoms with E-state index in [1.165, 1.54) is 32.3 Å². The number of aromatic nitrogens is 2. The van der Waals surface area contributed by atoms with Gasteiger partial charge in [0, 0.05) is 26.7 Å². The Labute approximate surface area is 124 Å². The highest BCUT2D eigenvalue weighted by Gasteiger charge is 2.20. The van der Waals surface area contributed by atoms with Gasteiger partial charge in [-0.15, -0.1) is 0 Å². The van der Waals surface area contributed by atoms with Crippen LogP contribution in [0.5, 0.6) is 11.6 Å². The SMILES string of the molecule is Cn1c(Oc2ccccc2[N+](=O)[O-])c(CN)c(=O)n(C)c1=O. The largest absolute Gasteiger partial charge is 0.433 e. The number of nitro benzene ring substituents is 1. The van der Waals surface area contributed by atoms with Crippen LogP contribution in [-0.2, 0) is 20.6 Å². The number of nitrogens with zero attached hydrogens (tertiary/aromatic N) is 3. The van der Waals surface area contributed by atoms with Crippen LogP contribution in [-0.4, -0.2) is 14.1 Å². The predicted octanol–water partition coefficient (Wildman–Crippen LogP) is 0.243. The zero-order chi connectivity index (χ0) is 16.4. The summed E-state index contributed by atoms with van der Waals surface area (Å²) < 4.78 is 7.45. The Morgan fingerprint density at radius 3 is 2.45 bits per heavy atom. The maximum absolute atomic E-state index is 12.1. The fraction of sp³-hybridized carbons (Fsp3) is 0.231. The molecule has 116 valence electrons. The third-order valence-electron chi connectivity index (χ3n) is 3.17. The summed E-state index contributed by atoms with van der Waals surface area (Å²) in [6.07, 6.45) is 0. The molecule has 1 heterocycles. The standard InChI is InChI=1S/C13H14N4O5/c1-15-11(18)8(7-14)12(16(2)13(15)19)22-10-6-4-3-5-9(10)17(20)21/h3-6H,7,14H2,1-2H3. The molecule has 0 spiro atoms. The maximum atomic E-state index is 12.1. The van der Waals surface area contributed by atoms with Crippen molar-refractivity contribution in [2.75, 3.05) is 0 Å². The van der Waals surface area contributed by atoms with Gasteiger partial charge in [-0.3, -0.25) is 24.0 Å². The van der Waals surface area contributed by atoms with Gasteiger partial charge in [0.1, 0.15) is 0 Å². The van der Waals surface area contributed by atoms with Crippen molar-refractivity contribution in [3.8, 4) is 11.6 Å². The van der Waals surface area contributed by atoms with Crippen LogP contribution in [0.2, 0.25) is 0 Å². The molecule has 2 N–H and O–H groups in total. The van der Waals surface area contributed by atoms with Crippen LogP contribution in [0, 0.1) is 10.1 Å². The molecule has 0 saturated heterocycles. The Hall–Kier alpha value is -2.94. The summed E-state index contributed by atoms with van der Waals surface area (Å²) in [6, 6.07) is 5.67. The highest BCUT2D eigenvalue weighted by molar-refractivity contribution is 5.48. The van der Waals surface area contributed by atoms with Crippen LogP contribution in [0.25, 0.3) is 0 Å². The van der Waals surface area contributed by atoms with Crippen molar-refractivity contribution >= 4 is 5.69 Å². The second kappa shape index (κ2) is 5.82. The minimum absolute atomic E-state index is 0.0581. The molecule has 0 amide bonds. The number of benzene rings is 1. The average molecular weight is 306 g/mol. The summed E-state index contributed by atoms with van der Waals surface area (Å²) >= 11 is 0. The molecular formula is C13H14N4O5. The molecule has 0 atom stereocenters. The second-order valence-electron chi connectivity index (χ2n) is 4.52. The van der Waals surface area contributed by atoms with Crippen LogP contribution in [0.4, 0.5) is 5.69 Å². The monoisotopic (exact) mass is 306 g/mol. The van der Waals surface area contributed by atoms with Crippen LogP contribution in [0.15, 0.2) is 33.9 Å². The number of para-hydroxylation sites is 2. The van der Waals surface area contributed by atoms with Gasteiger partial charge < -0.3 is 10.5 Å². The van der Waals surface area contributed by atoms with Crippen LogP contribution in [0.1, 0.15) is 5.56 Å². The van der Waals surface area contributed by atoms with E-state index in [2.05, 4.69) is 0 Å². The predicted molar refractivity (Wildman–Crippen MR) is 78.0 cm³/mol. The summed E-state index contributed by atoms with van der Waals surface area (Å²) in [5.41, 5.74) is 4.11. The molecule has 0 radical (unpaired) electrons. The van der Waals surface area contributed by atoms with E-state index < -0.39 is 16.2 Å². The Balaban J connectivity index is 2.68. The first kappa shape index (κ1) is 15.4. The van der Waals surface area contributed by atoms with Gasteiger partial charge >= 0.3 is 11.4 Å². The summed E-state index contributed by atoms with van der Waals surface area (Å²) in [4.78, 5) is 34.4. The molecule has 0 aliphatic heterocycles. The fourth-order valence-electron chi connectivity index (χ4n) is 2.00. The molecule has 0 bridgehead atoms. The highest BCUT2D eigenvalue weighted by atomic mass is 16.6. The zero-order valence-corrected chi connectivity index (χ0v) is 12.0. The Kier molecular flexibility index (Phi) is 4.08. The van der Waals surface area contributed by atoms with E-state index in [0.717, 1.165) is 9.13 Å². The fourth-order valence-corrected chi connectivity index (χ4v) is 2.00. The lowest BCUT2D eigenvalue weighted by Gasteiger charge is -2.14. The second-order valence-corrected chi connectivity index (χ2v) is 4.52. The Bertz CT molecular complexity index is 852. The first-order valence-electron chi connectivity index (χ1n) is 6.28. The van der Waals surface area contributed by atoms with E-state index in [1.807, 2.05) is 0 Å². The minimum atomic E-state index is -0.615. The van der Waals surface area contributed by atoms with E-state index in [1.54, 1.807) is 6.07 Å². The maximum Gasteiger partial charge on any atom is 0.333 e. The lowest BCUT2D eigenvalue weighted by molar-refractivity contribution is -0.385. The van der Waals surface area contributed by atoms with Gasteiger partial charge in [-0.05, 0) is 6.07 Å². The first-order valence-corrected chi connectivity index (χ1v) is 6.28. The van der Waals surface area contributed by atoms with Crippen molar-refractivity contribution in [2.24, 2.45) is 19.8 Å². The molecule has 0 fully saturated rings. The molecule has 0 saturated carbocycles. The van der Waals surface area contributed by atoms with Gasteiger partial charge in [-0.25, -0.2) is 4.79 Å².